The molecule has 0 saturated carbocycles. The van der Waals surface area contributed by atoms with Gasteiger partial charge in [-0.3, -0.25) is 0 Å². The number of benzene rings is 1. The van der Waals surface area contributed by atoms with Crippen molar-refractivity contribution in [3.8, 4) is 6.07 Å². The lowest BCUT2D eigenvalue weighted by Gasteiger charge is -2.36. The molecule has 19 heavy (non-hydrogen) atoms. The third kappa shape index (κ3) is 3.27. The number of nitrogens with zero attached hydrogens (tertiary/aromatic N) is 3. The fourth-order valence-electron chi connectivity index (χ4n) is 2.97. The molecule has 1 aromatic carbocycles. The van der Waals surface area contributed by atoms with Crippen molar-refractivity contribution in [2.45, 2.75) is 38.8 Å². The Labute approximate surface area is 116 Å². The number of hydrogen-bond acceptors (Lipinski definition) is 3. The molecule has 0 aliphatic carbocycles. The summed E-state index contributed by atoms with van der Waals surface area (Å²) in [4.78, 5) is 4.79. The Morgan fingerprint density at radius 2 is 2.21 bits per heavy atom. The molecule has 3 heteroatoms. The van der Waals surface area contributed by atoms with E-state index in [-0.39, 0.29) is 6.04 Å². The molecule has 0 aromatic heterocycles. The van der Waals surface area contributed by atoms with E-state index in [0.717, 1.165) is 19.5 Å². The lowest BCUT2D eigenvalue weighted by atomic mass is 10.1. The summed E-state index contributed by atoms with van der Waals surface area (Å²) >= 11 is 0. The molecular weight excluding hydrogens is 234 g/mol. The van der Waals surface area contributed by atoms with Crippen LogP contribution >= 0.6 is 0 Å². The Hall–Kier alpha value is -1.53. The van der Waals surface area contributed by atoms with Gasteiger partial charge in [0.2, 0.25) is 0 Å². The monoisotopic (exact) mass is 257 g/mol. The number of likely N-dealkylation sites (N-methyl/N-ethyl adjacent to an activating group) is 1. The van der Waals surface area contributed by atoms with Crippen LogP contribution in [0.4, 0.5) is 5.69 Å². The Bertz CT molecular complexity index is 463. The first-order valence-corrected chi connectivity index (χ1v) is 7.02. The molecule has 0 amide bonds. The van der Waals surface area contributed by atoms with Gasteiger partial charge in [0.05, 0.1) is 18.5 Å². The van der Waals surface area contributed by atoms with Gasteiger partial charge in [-0.1, -0.05) is 12.1 Å². The number of rotatable bonds is 2. The maximum Gasteiger partial charge on any atom is 0.0643 e. The van der Waals surface area contributed by atoms with E-state index in [9.17, 15) is 0 Å². The second-order valence-corrected chi connectivity index (χ2v) is 5.66. The van der Waals surface area contributed by atoms with Crippen molar-refractivity contribution in [3.05, 3.63) is 29.8 Å². The summed E-state index contributed by atoms with van der Waals surface area (Å²) in [6.45, 7) is 6.46. The number of hydrogen-bond donors (Lipinski definition) is 0. The van der Waals surface area contributed by atoms with Crippen molar-refractivity contribution in [2.24, 2.45) is 0 Å². The first-order chi connectivity index (χ1) is 9.11. The smallest absolute Gasteiger partial charge is 0.0643 e. The molecule has 102 valence electrons. The highest BCUT2D eigenvalue weighted by Gasteiger charge is 2.28. The fourth-order valence-corrected chi connectivity index (χ4v) is 2.97. The van der Waals surface area contributed by atoms with Crippen LogP contribution in [0.3, 0.4) is 0 Å². The van der Waals surface area contributed by atoms with E-state index >= 15 is 0 Å². The zero-order chi connectivity index (χ0) is 13.8. The quantitative estimate of drug-likeness (QED) is 0.816. The lowest BCUT2D eigenvalue weighted by molar-refractivity contribution is 0.331. The van der Waals surface area contributed by atoms with Crippen molar-refractivity contribution in [1.82, 2.24) is 4.90 Å². The highest BCUT2D eigenvalue weighted by atomic mass is 15.3. The predicted molar refractivity (Wildman–Crippen MR) is 79.3 cm³/mol. The largest absolute Gasteiger partial charge is 0.363 e. The molecule has 1 saturated heterocycles. The van der Waals surface area contributed by atoms with Gasteiger partial charge in [-0.25, -0.2) is 0 Å². The van der Waals surface area contributed by atoms with E-state index < -0.39 is 0 Å². The van der Waals surface area contributed by atoms with Crippen LogP contribution in [0.2, 0.25) is 0 Å². The van der Waals surface area contributed by atoms with Crippen LogP contribution in [0.1, 0.15) is 25.3 Å². The molecule has 2 rings (SSSR count). The third-order valence-corrected chi connectivity index (χ3v) is 3.95. The maximum absolute atomic E-state index is 9.11. The first kappa shape index (κ1) is 13.9. The summed E-state index contributed by atoms with van der Waals surface area (Å²) in [5, 5.41) is 9.11. The van der Waals surface area contributed by atoms with Crippen molar-refractivity contribution < 1.29 is 0 Å². The Balaban J connectivity index is 2.33. The molecule has 0 N–H and O–H groups in total. The highest BCUT2D eigenvalue weighted by Crippen LogP contribution is 2.26. The number of aryl methyl sites for hydroxylation is 1. The summed E-state index contributed by atoms with van der Waals surface area (Å²) in [6.07, 6.45) is 1.73. The van der Waals surface area contributed by atoms with E-state index in [0.29, 0.717) is 12.5 Å². The summed E-state index contributed by atoms with van der Waals surface area (Å²) in [5.41, 5.74) is 2.53. The van der Waals surface area contributed by atoms with Crippen molar-refractivity contribution in [2.75, 3.05) is 25.0 Å². The minimum absolute atomic E-state index is 0.286. The van der Waals surface area contributed by atoms with E-state index in [1.54, 1.807) is 0 Å². The molecule has 1 aromatic rings. The van der Waals surface area contributed by atoms with Crippen LogP contribution in [0.15, 0.2) is 24.3 Å². The average Bonchev–Trinajstić information content (AvgIpc) is 2.49. The van der Waals surface area contributed by atoms with Crippen molar-refractivity contribution in [3.63, 3.8) is 0 Å². The molecule has 3 nitrogen and oxygen atoms in total. The Morgan fingerprint density at radius 1 is 1.42 bits per heavy atom. The van der Waals surface area contributed by atoms with Gasteiger partial charge in [0, 0.05) is 18.3 Å². The zero-order valence-electron chi connectivity index (χ0n) is 12.1. The van der Waals surface area contributed by atoms with Gasteiger partial charge in [-0.2, -0.15) is 5.26 Å². The Kier molecular flexibility index (Phi) is 4.44. The summed E-state index contributed by atoms with van der Waals surface area (Å²) < 4.78 is 0. The van der Waals surface area contributed by atoms with Gasteiger partial charge in [0.25, 0.3) is 0 Å². The second kappa shape index (κ2) is 6.08. The van der Waals surface area contributed by atoms with E-state index in [1.807, 2.05) is 0 Å². The van der Waals surface area contributed by atoms with E-state index in [4.69, 9.17) is 5.26 Å². The average molecular weight is 257 g/mol. The summed E-state index contributed by atoms with van der Waals surface area (Å²) in [6, 6.07) is 11.7. The van der Waals surface area contributed by atoms with Crippen LogP contribution in [0.25, 0.3) is 0 Å². The molecule has 1 heterocycles. The SMILES string of the molecule is Cc1cccc(N2C(C)CCN(C)CC2CC#N)c1. The topological polar surface area (TPSA) is 30.3 Å². The summed E-state index contributed by atoms with van der Waals surface area (Å²) in [5.74, 6) is 0. The standard InChI is InChI=1S/C16H23N3/c1-13-5-4-6-15(11-13)19-14(2)8-10-18(3)12-16(19)7-9-17/h4-6,11,14,16H,7-8,10,12H2,1-3H3. The molecular formula is C16H23N3. The van der Waals surface area contributed by atoms with Crippen molar-refractivity contribution >= 4 is 5.69 Å². The van der Waals surface area contributed by atoms with Gasteiger partial charge < -0.3 is 9.80 Å². The maximum atomic E-state index is 9.11. The van der Waals surface area contributed by atoms with E-state index in [2.05, 4.69) is 61.0 Å². The zero-order valence-corrected chi connectivity index (χ0v) is 12.1. The van der Waals surface area contributed by atoms with Crippen LogP contribution in [-0.4, -0.2) is 37.1 Å². The van der Waals surface area contributed by atoms with Crippen molar-refractivity contribution in [1.29, 1.82) is 5.26 Å². The van der Waals surface area contributed by atoms with Gasteiger partial charge in [0.1, 0.15) is 0 Å². The molecule has 0 radical (unpaired) electrons. The fraction of sp³-hybridized carbons (Fsp3) is 0.562. The predicted octanol–water partition coefficient (Wildman–Crippen LogP) is 2.81. The molecule has 1 aliphatic rings. The van der Waals surface area contributed by atoms with Crippen LogP contribution in [-0.2, 0) is 0 Å². The van der Waals surface area contributed by atoms with E-state index in [1.165, 1.54) is 11.3 Å². The van der Waals surface area contributed by atoms with Gasteiger partial charge in [0.15, 0.2) is 0 Å². The normalized spacial score (nSPS) is 24.8. The molecule has 1 aliphatic heterocycles. The second-order valence-electron chi connectivity index (χ2n) is 5.66. The molecule has 2 unspecified atom stereocenters. The molecule has 0 spiro atoms. The first-order valence-electron chi connectivity index (χ1n) is 7.02. The summed E-state index contributed by atoms with van der Waals surface area (Å²) in [7, 11) is 2.15. The van der Waals surface area contributed by atoms with Gasteiger partial charge >= 0.3 is 0 Å². The number of anilines is 1. The van der Waals surface area contributed by atoms with Gasteiger partial charge in [-0.15, -0.1) is 0 Å². The lowest BCUT2D eigenvalue weighted by Crippen LogP contribution is -2.44. The van der Waals surface area contributed by atoms with Crippen LogP contribution in [0, 0.1) is 18.3 Å². The molecule has 1 fully saturated rings. The minimum atomic E-state index is 0.286. The van der Waals surface area contributed by atoms with Gasteiger partial charge in [-0.05, 0) is 51.6 Å². The van der Waals surface area contributed by atoms with Crippen LogP contribution < -0.4 is 4.90 Å². The molecule has 2 atom stereocenters. The minimum Gasteiger partial charge on any atom is -0.363 e. The van der Waals surface area contributed by atoms with Crippen LogP contribution in [0.5, 0.6) is 0 Å². The number of nitriles is 1. The third-order valence-electron chi connectivity index (χ3n) is 3.95. The Morgan fingerprint density at radius 3 is 2.89 bits per heavy atom. The highest BCUT2D eigenvalue weighted by molar-refractivity contribution is 5.50. The molecule has 0 bridgehead atoms.